The third-order valence-electron chi connectivity index (χ3n) is 3.49. The van der Waals surface area contributed by atoms with Crippen LogP contribution in [-0.4, -0.2) is 24.5 Å². The summed E-state index contributed by atoms with van der Waals surface area (Å²) in [5.41, 5.74) is 0.0700. The second-order valence-electron chi connectivity index (χ2n) is 4.85. The maximum atomic E-state index is 8.96. The first-order valence-corrected chi connectivity index (χ1v) is 5.38. The summed E-state index contributed by atoms with van der Waals surface area (Å²) in [6, 6.07) is 2.47. The lowest BCUT2D eigenvalue weighted by molar-refractivity contribution is 0.173. The Balaban J connectivity index is 1.80. The topological polar surface area (TPSA) is 27.0 Å². The van der Waals surface area contributed by atoms with E-state index in [1.807, 2.05) is 0 Å². The molecule has 13 heavy (non-hydrogen) atoms. The number of piperidine rings is 1. The SMILES string of the molecule is CC1CCN(CC2(C#N)CC2)CC1. The highest BCUT2D eigenvalue weighted by atomic mass is 15.1. The van der Waals surface area contributed by atoms with E-state index in [1.54, 1.807) is 0 Å². The molecule has 2 aliphatic rings. The van der Waals surface area contributed by atoms with Gasteiger partial charge in [-0.05, 0) is 44.7 Å². The fourth-order valence-electron chi connectivity index (χ4n) is 2.10. The second kappa shape index (κ2) is 3.31. The molecule has 1 saturated carbocycles. The molecular formula is C11H18N2. The standard InChI is InChI=1S/C11H18N2/c1-10-2-6-13(7-3-10)9-11(8-12)4-5-11/h10H,2-7,9H2,1H3. The van der Waals surface area contributed by atoms with Crippen LogP contribution >= 0.6 is 0 Å². The fraction of sp³-hybridized carbons (Fsp3) is 0.909. The molecule has 0 bridgehead atoms. The molecule has 2 rings (SSSR count). The smallest absolute Gasteiger partial charge is 0.0703 e. The van der Waals surface area contributed by atoms with E-state index in [9.17, 15) is 0 Å². The minimum atomic E-state index is 0.0700. The maximum absolute atomic E-state index is 8.96. The second-order valence-corrected chi connectivity index (χ2v) is 4.85. The highest BCUT2D eigenvalue weighted by Gasteiger charge is 2.44. The van der Waals surface area contributed by atoms with Crippen molar-refractivity contribution in [1.82, 2.24) is 4.90 Å². The van der Waals surface area contributed by atoms with Gasteiger partial charge >= 0.3 is 0 Å². The Bertz CT molecular complexity index is 217. The molecule has 0 aromatic rings. The normalized spacial score (nSPS) is 28.3. The lowest BCUT2D eigenvalue weighted by atomic mass is 9.98. The summed E-state index contributed by atoms with van der Waals surface area (Å²) >= 11 is 0. The van der Waals surface area contributed by atoms with Gasteiger partial charge in [0.25, 0.3) is 0 Å². The van der Waals surface area contributed by atoms with Crippen LogP contribution < -0.4 is 0 Å². The van der Waals surface area contributed by atoms with Crippen LogP contribution in [0.4, 0.5) is 0 Å². The van der Waals surface area contributed by atoms with Gasteiger partial charge in [0.05, 0.1) is 11.5 Å². The van der Waals surface area contributed by atoms with Gasteiger partial charge in [0.15, 0.2) is 0 Å². The van der Waals surface area contributed by atoms with E-state index in [4.69, 9.17) is 5.26 Å². The summed E-state index contributed by atoms with van der Waals surface area (Å²) in [5.74, 6) is 0.897. The molecule has 72 valence electrons. The molecule has 0 atom stereocenters. The van der Waals surface area contributed by atoms with Crippen LogP contribution in [0.25, 0.3) is 0 Å². The van der Waals surface area contributed by atoms with Gasteiger partial charge in [-0.15, -0.1) is 0 Å². The molecule has 2 heteroatoms. The van der Waals surface area contributed by atoms with Gasteiger partial charge in [-0.2, -0.15) is 5.26 Å². The zero-order valence-electron chi connectivity index (χ0n) is 8.42. The quantitative estimate of drug-likeness (QED) is 0.647. The zero-order chi connectivity index (χ0) is 9.31. The monoisotopic (exact) mass is 178 g/mol. The van der Waals surface area contributed by atoms with Crippen LogP contribution in [-0.2, 0) is 0 Å². The summed E-state index contributed by atoms with van der Waals surface area (Å²) < 4.78 is 0. The van der Waals surface area contributed by atoms with E-state index >= 15 is 0 Å². The van der Waals surface area contributed by atoms with Gasteiger partial charge in [0.2, 0.25) is 0 Å². The van der Waals surface area contributed by atoms with Crippen molar-refractivity contribution in [3.63, 3.8) is 0 Å². The Morgan fingerprint density at radius 1 is 1.38 bits per heavy atom. The molecule has 0 N–H and O–H groups in total. The Kier molecular flexibility index (Phi) is 2.29. The third kappa shape index (κ3) is 2.03. The molecule has 0 radical (unpaired) electrons. The van der Waals surface area contributed by atoms with E-state index in [2.05, 4.69) is 17.9 Å². The minimum Gasteiger partial charge on any atom is -0.302 e. The molecule has 0 amide bonds. The van der Waals surface area contributed by atoms with Crippen molar-refractivity contribution in [1.29, 1.82) is 5.26 Å². The highest BCUT2D eigenvalue weighted by Crippen LogP contribution is 2.45. The van der Waals surface area contributed by atoms with E-state index in [0.29, 0.717) is 0 Å². The summed E-state index contributed by atoms with van der Waals surface area (Å²) in [6.45, 7) is 5.79. The first kappa shape index (κ1) is 9.02. The van der Waals surface area contributed by atoms with Gasteiger partial charge in [-0.3, -0.25) is 0 Å². The summed E-state index contributed by atoms with van der Waals surface area (Å²) in [6.07, 6.45) is 4.91. The first-order chi connectivity index (χ1) is 6.24. The predicted octanol–water partition coefficient (Wildman–Crippen LogP) is 2.02. The highest BCUT2D eigenvalue weighted by molar-refractivity contribution is 5.11. The number of nitrogens with zero attached hydrogens (tertiary/aromatic N) is 2. The number of likely N-dealkylation sites (tertiary alicyclic amines) is 1. The lowest BCUT2D eigenvalue weighted by Gasteiger charge is -2.31. The minimum absolute atomic E-state index is 0.0700. The van der Waals surface area contributed by atoms with Crippen LogP contribution in [0.2, 0.25) is 0 Å². The van der Waals surface area contributed by atoms with Crippen LogP contribution in [0, 0.1) is 22.7 Å². The molecular weight excluding hydrogens is 160 g/mol. The number of hydrogen-bond acceptors (Lipinski definition) is 2. The first-order valence-electron chi connectivity index (χ1n) is 5.38. The van der Waals surface area contributed by atoms with Crippen molar-refractivity contribution >= 4 is 0 Å². The fourth-order valence-corrected chi connectivity index (χ4v) is 2.10. The predicted molar refractivity (Wildman–Crippen MR) is 52.1 cm³/mol. The Morgan fingerprint density at radius 3 is 2.46 bits per heavy atom. The number of nitriles is 1. The van der Waals surface area contributed by atoms with E-state index < -0.39 is 0 Å². The van der Waals surface area contributed by atoms with Crippen molar-refractivity contribution < 1.29 is 0 Å². The Labute approximate surface area is 80.5 Å². The van der Waals surface area contributed by atoms with E-state index in [-0.39, 0.29) is 5.41 Å². The summed E-state index contributed by atoms with van der Waals surface area (Å²) in [4.78, 5) is 2.48. The molecule has 1 heterocycles. The molecule has 0 unspecified atom stereocenters. The average Bonchev–Trinajstić information content (AvgIpc) is 2.90. The van der Waals surface area contributed by atoms with Crippen LogP contribution in [0.15, 0.2) is 0 Å². The third-order valence-corrected chi connectivity index (χ3v) is 3.49. The molecule has 0 aromatic heterocycles. The van der Waals surface area contributed by atoms with E-state index in [0.717, 1.165) is 25.3 Å². The summed E-state index contributed by atoms with van der Waals surface area (Å²) in [5, 5.41) is 8.96. The average molecular weight is 178 g/mol. The molecule has 0 spiro atoms. The van der Waals surface area contributed by atoms with Gasteiger partial charge in [0, 0.05) is 6.54 Å². The maximum Gasteiger partial charge on any atom is 0.0703 e. The molecule has 0 aromatic carbocycles. The van der Waals surface area contributed by atoms with Gasteiger partial charge in [-0.1, -0.05) is 6.92 Å². The number of hydrogen-bond donors (Lipinski definition) is 0. The Morgan fingerprint density at radius 2 is 2.00 bits per heavy atom. The van der Waals surface area contributed by atoms with Crippen LogP contribution in [0.1, 0.15) is 32.6 Å². The van der Waals surface area contributed by atoms with Crippen molar-refractivity contribution in [3.8, 4) is 6.07 Å². The van der Waals surface area contributed by atoms with Gasteiger partial charge in [0.1, 0.15) is 0 Å². The van der Waals surface area contributed by atoms with Crippen molar-refractivity contribution in [3.05, 3.63) is 0 Å². The van der Waals surface area contributed by atoms with Gasteiger partial charge < -0.3 is 4.90 Å². The lowest BCUT2D eigenvalue weighted by Crippen LogP contribution is -2.36. The van der Waals surface area contributed by atoms with Gasteiger partial charge in [-0.25, -0.2) is 0 Å². The Hall–Kier alpha value is -0.550. The van der Waals surface area contributed by atoms with Crippen LogP contribution in [0.3, 0.4) is 0 Å². The molecule has 2 fully saturated rings. The number of rotatable bonds is 2. The molecule has 2 nitrogen and oxygen atoms in total. The molecule has 1 aliphatic carbocycles. The largest absolute Gasteiger partial charge is 0.302 e. The van der Waals surface area contributed by atoms with Crippen LogP contribution in [0.5, 0.6) is 0 Å². The van der Waals surface area contributed by atoms with Crippen molar-refractivity contribution in [2.45, 2.75) is 32.6 Å². The molecule has 1 saturated heterocycles. The summed E-state index contributed by atoms with van der Waals surface area (Å²) in [7, 11) is 0. The van der Waals surface area contributed by atoms with Crippen molar-refractivity contribution in [2.24, 2.45) is 11.3 Å². The zero-order valence-corrected chi connectivity index (χ0v) is 8.42. The van der Waals surface area contributed by atoms with E-state index in [1.165, 1.54) is 25.9 Å². The molecule has 1 aliphatic heterocycles. The van der Waals surface area contributed by atoms with Crippen molar-refractivity contribution in [2.75, 3.05) is 19.6 Å².